The molecule has 25 heteroatoms. The Morgan fingerprint density at radius 2 is 1.05 bits per heavy atom. The number of Topliss-reactive ketones (excluding diaryl/α,β-unsaturated/α-hetero) is 4. The molecule has 6 amide bonds. The second kappa shape index (κ2) is 38.8. The van der Waals surface area contributed by atoms with Crippen LogP contribution < -0.4 is 31.9 Å². The fourth-order valence-electron chi connectivity index (χ4n) is 8.54. The molecule has 0 saturated heterocycles. The Kier molecular flexibility index (Phi) is 33.3. The molecule has 448 valence electrons. The smallest absolute Gasteiger partial charge is 0.326 e. The highest BCUT2D eigenvalue weighted by atomic mass is 16.4. The summed E-state index contributed by atoms with van der Waals surface area (Å²) in [6, 6.07) is 6.65. The van der Waals surface area contributed by atoms with Gasteiger partial charge in [0.05, 0.1) is 37.6 Å². The van der Waals surface area contributed by atoms with Gasteiger partial charge in [0.2, 0.25) is 23.6 Å². The number of nitrogens with one attached hydrogen (secondary N) is 6. The monoisotopic (exact) mass is 1140 g/mol. The van der Waals surface area contributed by atoms with Crippen LogP contribution in [0, 0.1) is 11.8 Å². The molecule has 2 unspecified atom stereocenters. The molecule has 0 bridgehead atoms. The number of benzene rings is 2. The van der Waals surface area contributed by atoms with Gasteiger partial charge in [0, 0.05) is 64.3 Å². The van der Waals surface area contributed by atoms with E-state index in [2.05, 4.69) is 31.9 Å². The number of rotatable bonds is 45. The SMILES string of the molecule is CCC(=O)NC(CO)C(=O)C[C@@H](CO)C(=O)NCC(=O)CCC(=O)N[C@H](Cc1ccc2ccccc2c1)C(=O)C[C@H](CCCCCC(=O)CCCCCCC(=O)NCCCCC(NC(=O)N[C@@H](CCC(=O)O)C(=O)O)C(=O)O)C(=O)O. The predicted octanol–water partition coefficient (Wildman–Crippen LogP) is 2.66. The minimum Gasteiger partial charge on any atom is -0.481 e. The van der Waals surface area contributed by atoms with E-state index in [4.69, 9.17) is 5.11 Å². The van der Waals surface area contributed by atoms with Gasteiger partial charge in [0.15, 0.2) is 17.3 Å². The molecule has 0 radical (unpaired) electrons. The topological polar surface area (TPSA) is 415 Å². The summed E-state index contributed by atoms with van der Waals surface area (Å²) < 4.78 is 0. The third-order valence-corrected chi connectivity index (χ3v) is 13.3. The van der Waals surface area contributed by atoms with Crippen LogP contribution in [0.4, 0.5) is 4.79 Å². The van der Waals surface area contributed by atoms with Gasteiger partial charge in [-0.1, -0.05) is 75.1 Å². The molecule has 0 aliphatic carbocycles. The Hall–Kier alpha value is -7.67. The van der Waals surface area contributed by atoms with Crippen molar-refractivity contribution in [3.63, 3.8) is 0 Å². The molecule has 0 aliphatic heterocycles. The van der Waals surface area contributed by atoms with Crippen LogP contribution in [-0.2, 0) is 64.0 Å². The van der Waals surface area contributed by atoms with Crippen molar-refractivity contribution in [2.75, 3.05) is 26.3 Å². The van der Waals surface area contributed by atoms with Crippen molar-refractivity contribution in [1.29, 1.82) is 0 Å². The van der Waals surface area contributed by atoms with E-state index in [0.29, 0.717) is 76.2 Å². The number of fused-ring (bicyclic) bond motifs is 1. The van der Waals surface area contributed by atoms with Crippen LogP contribution in [0.2, 0.25) is 0 Å². The van der Waals surface area contributed by atoms with Gasteiger partial charge in [-0.2, -0.15) is 0 Å². The summed E-state index contributed by atoms with van der Waals surface area (Å²) in [6.07, 6.45) is 3.32. The van der Waals surface area contributed by atoms with Gasteiger partial charge in [-0.15, -0.1) is 0 Å². The second-order valence-electron chi connectivity index (χ2n) is 19.9. The molecule has 2 aromatic rings. The number of aliphatic hydroxyl groups is 2. The van der Waals surface area contributed by atoms with E-state index in [0.717, 1.165) is 10.8 Å². The Morgan fingerprint density at radius 1 is 0.469 bits per heavy atom. The summed E-state index contributed by atoms with van der Waals surface area (Å²) in [4.78, 5) is 160. The van der Waals surface area contributed by atoms with Crippen molar-refractivity contribution in [1.82, 2.24) is 31.9 Å². The van der Waals surface area contributed by atoms with Crippen LogP contribution in [0.3, 0.4) is 0 Å². The Labute approximate surface area is 469 Å². The van der Waals surface area contributed by atoms with Gasteiger partial charge in [0.25, 0.3) is 0 Å². The number of unbranched alkanes of at least 4 members (excludes halogenated alkanes) is 6. The Morgan fingerprint density at radius 3 is 1.65 bits per heavy atom. The molecular formula is C56H80N6O19. The zero-order valence-electron chi connectivity index (χ0n) is 45.9. The summed E-state index contributed by atoms with van der Waals surface area (Å²) >= 11 is 0. The van der Waals surface area contributed by atoms with E-state index in [1.165, 1.54) is 0 Å². The maximum absolute atomic E-state index is 13.9. The highest BCUT2D eigenvalue weighted by Gasteiger charge is 2.30. The number of amides is 6. The van der Waals surface area contributed by atoms with Gasteiger partial charge in [-0.05, 0) is 74.1 Å². The van der Waals surface area contributed by atoms with E-state index in [1.807, 2.05) is 36.4 Å². The lowest BCUT2D eigenvalue weighted by Gasteiger charge is -2.20. The number of carbonyl (C=O) groups is 13. The van der Waals surface area contributed by atoms with E-state index in [-0.39, 0.29) is 63.2 Å². The van der Waals surface area contributed by atoms with E-state index in [1.54, 1.807) is 13.0 Å². The zero-order chi connectivity index (χ0) is 60.3. The largest absolute Gasteiger partial charge is 0.481 e. The first-order valence-corrected chi connectivity index (χ1v) is 27.5. The van der Waals surface area contributed by atoms with Crippen LogP contribution in [-0.4, -0.2) is 158 Å². The van der Waals surface area contributed by atoms with Crippen molar-refractivity contribution >= 4 is 87.4 Å². The minimum atomic E-state index is -1.52. The van der Waals surface area contributed by atoms with Crippen LogP contribution in [0.5, 0.6) is 0 Å². The van der Waals surface area contributed by atoms with Crippen LogP contribution in [0.15, 0.2) is 42.5 Å². The molecule has 0 fully saturated rings. The maximum Gasteiger partial charge on any atom is 0.326 e. The first kappa shape index (κ1) is 69.4. The van der Waals surface area contributed by atoms with Crippen LogP contribution in [0.25, 0.3) is 10.8 Å². The maximum atomic E-state index is 13.9. The molecule has 0 spiro atoms. The Balaban J connectivity index is 1.77. The lowest BCUT2D eigenvalue weighted by molar-refractivity contribution is -0.144. The number of hydrogen-bond acceptors (Lipinski definition) is 15. The molecule has 2 aromatic carbocycles. The molecule has 12 N–H and O–H groups in total. The van der Waals surface area contributed by atoms with Gasteiger partial charge in [-0.3, -0.25) is 47.9 Å². The summed E-state index contributed by atoms with van der Waals surface area (Å²) in [5, 5.41) is 72.9. The molecule has 0 aromatic heterocycles. The van der Waals surface area contributed by atoms with Crippen molar-refractivity contribution in [2.24, 2.45) is 11.8 Å². The number of ketones is 4. The average Bonchev–Trinajstić information content (AvgIpc) is 3.42. The average molecular weight is 1140 g/mol. The van der Waals surface area contributed by atoms with Gasteiger partial charge < -0.3 is 62.5 Å². The minimum absolute atomic E-state index is 0.00890. The molecule has 2 rings (SSSR count). The van der Waals surface area contributed by atoms with Crippen LogP contribution in [0.1, 0.15) is 147 Å². The third-order valence-electron chi connectivity index (χ3n) is 13.3. The molecule has 0 aliphatic rings. The van der Waals surface area contributed by atoms with E-state index < -0.39 is 146 Å². The van der Waals surface area contributed by atoms with E-state index in [9.17, 15) is 87.9 Å². The summed E-state index contributed by atoms with van der Waals surface area (Å²) in [5.41, 5.74) is 0.690. The fourth-order valence-corrected chi connectivity index (χ4v) is 8.54. The van der Waals surface area contributed by atoms with Crippen molar-refractivity contribution in [3.8, 4) is 0 Å². The zero-order valence-corrected chi connectivity index (χ0v) is 45.9. The molecule has 6 atom stereocenters. The highest BCUT2D eigenvalue weighted by Crippen LogP contribution is 2.21. The molecule has 0 heterocycles. The number of hydrogen-bond donors (Lipinski definition) is 12. The lowest BCUT2D eigenvalue weighted by atomic mass is 9.90. The number of carboxylic acid groups (broad SMARTS) is 4. The number of carbonyl (C=O) groups excluding carboxylic acids is 9. The fraction of sp³-hybridized carbons (Fsp3) is 0.589. The number of urea groups is 1. The molecule has 81 heavy (non-hydrogen) atoms. The molecule has 0 saturated carbocycles. The Bertz CT molecular complexity index is 2470. The quantitative estimate of drug-likeness (QED) is 0.0424. The summed E-state index contributed by atoms with van der Waals surface area (Å²) in [6.45, 7) is -0.230. The molecule has 25 nitrogen and oxygen atoms in total. The number of aliphatic hydroxyl groups excluding tert-OH is 2. The normalized spacial score (nSPS) is 13.2. The third kappa shape index (κ3) is 29.4. The summed E-state index contributed by atoms with van der Waals surface area (Å²) in [7, 11) is 0. The van der Waals surface area contributed by atoms with Gasteiger partial charge in [0.1, 0.15) is 23.9 Å². The lowest BCUT2D eigenvalue weighted by Crippen LogP contribution is -2.51. The number of aliphatic carboxylic acids is 4. The predicted molar refractivity (Wildman–Crippen MR) is 291 cm³/mol. The van der Waals surface area contributed by atoms with Crippen molar-refractivity contribution in [3.05, 3.63) is 48.0 Å². The second-order valence-corrected chi connectivity index (χ2v) is 19.9. The van der Waals surface area contributed by atoms with Gasteiger partial charge >= 0.3 is 29.9 Å². The van der Waals surface area contributed by atoms with E-state index >= 15 is 0 Å². The van der Waals surface area contributed by atoms with Crippen LogP contribution >= 0.6 is 0 Å². The number of carboxylic acids is 4. The molecular weight excluding hydrogens is 1060 g/mol. The first-order valence-electron chi connectivity index (χ1n) is 27.5. The standard InChI is InChI=1S/C56H80N6O19/c1-2-48(69)60-45(34-64)47(68)31-39(33-63)52(74)58-32-41(66)23-25-50(71)59-44(29-35-21-22-36-14-10-11-15-37(36)28-35)46(67)30-38(53(75)76)16-6-5-8-18-40(65)17-7-3-4-9-20-49(70)57-27-13-12-19-42(54(77)78)61-56(81)62-43(55(79)80)24-26-51(72)73/h10-11,14-15,21-22,28,38-39,42-45,63-64H,2-9,12-13,16-20,23-27,29-34H2,1H3,(H,57,70)(H,58,74)(H,59,71)(H,60,69)(H,72,73)(H,75,76)(H,77,78)(H,79,80)(H2,61,62,81)/t38-,39-,42?,43-,44+,45?/m0/s1. The van der Waals surface area contributed by atoms with Crippen molar-refractivity contribution in [2.45, 2.75) is 172 Å². The first-order chi connectivity index (χ1) is 38.6. The highest BCUT2D eigenvalue weighted by molar-refractivity contribution is 5.95. The summed E-state index contributed by atoms with van der Waals surface area (Å²) in [5.74, 6) is -11.6. The van der Waals surface area contributed by atoms with Gasteiger partial charge in [-0.25, -0.2) is 14.4 Å². The van der Waals surface area contributed by atoms with Crippen molar-refractivity contribution < 1.29 is 93.0 Å².